The standard InChI is InChI=1S/C11H8FN3O/c12-9-1-3-10(4-2-9)16-7-11(15)8(5-13)6-14/h1-4H,7,15H2. The summed E-state index contributed by atoms with van der Waals surface area (Å²) in [6, 6.07) is 8.65. The van der Waals surface area contributed by atoms with E-state index in [2.05, 4.69) is 0 Å². The second kappa shape index (κ2) is 5.38. The molecule has 0 aliphatic heterocycles. The molecular formula is C11H8FN3O. The first kappa shape index (κ1) is 11.5. The quantitative estimate of drug-likeness (QED) is 0.777. The number of nitrogens with zero attached hydrogens (tertiary/aromatic N) is 2. The lowest BCUT2D eigenvalue weighted by atomic mass is 10.2. The van der Waals surface area contributed by atoms with Gasteiger partial charge in [-0.05, 0) is 24.3 Å². The molecule has 0 unspecified atom stereocenters. The highest BCUT2D eigenvalue weighted by molar-refractivity contribution is 5.39. The van der Waals surface area contributed by atoms with E-state index in [4.69, 9.17) is 21.0 Å². The van der Waals surface area contributed by atoms with Crippen molar-refractivity contribution < 1.29 is 9.13 Å². The number of hydrogen-bond donors (Lipinski definition) is 1. The van der Waals surface area contributed by atoms with Gasteiger partial charge in [0.05, 0.1) is 5.70 Å². The number of halogens is 1. The molecule has 0 saturated heterocycles. The Morgan fingerprint density at radius 1 is 1.25 bits per heavy atom. The first-order valence-corrected chi connectivity index (χ1v) is 4.34. The number of allylic oxidation sites excluding steroid dienone is 1. The summed E-state index contributed by atoms with van der Waals surface area (Å²) in [5.41, 5.74) is 5.32. The van der Waals surface area contributed by atoms with E-state index in [1.807, 2.05) is 0 Å². The summed E-state index contributed by atoms with van der Waals surface area (Å²) >= 11 is 0. The Bertz CT molecular complexity index is 463. The van der Waals surface area contributed by atoms with Crippen molar-refractivity contribution in [2.75, 3.05) is 6.61 Å². The van der Waals surface area contributed by atoms with Crippen molar-refractivity contribution in [2.45, 2.75) is 0 Å². The van der Waals surface area contributed by atoms with Crippen LogP contribution in [0.5, 0.6) is 5.75 Å². The number of hydrogen-bond acceptors (Lipinski definition) is 4. The predicted molar refractivity (Wildman–Crippen MR) is 54.3 cm³/mol. The number of nitriles is 2. The third-order valence-electron chi connectivity index (χ3n) is 1.75. The lowest BCUT2D eigenvalue weighted by molar-refractivity contribution is 0.349. The van der Waals surface area contributed by atoms with E-state index in [9.17, 15) is 4.39 Å². The fraction of sp³-hybridized carbons (Fsp3) is 0.0909. The normalized spacial score (nSPS) is 8.69. The second-order valence-electron chi connectivity index (χ2n) is 2.87. The molecule has 0 fully saturated rings. The van der Waals surface area contributed by atoms with Crippen LogP contribution < -0.4 is 10.5 Å². The Hall–Kier alpha value is -2.53. The van der Waals surface area contributed by atoms with Gasteiger partial charge in [0.25, 0.3) is 0 Å². The van der Waals surface area contributed by atoms with Gasteiger partial charge >= 0.3 is 0 Å². The molecule has 2 N–H and O–H groups in total. The summed E-state index contributed by atoms with van der Waals surface area (Å²) in [7, 11) is 0. The van der Waals surface area contributed by atoms with Crippen LogP contribution in [0.4, 0.5) is 4.39 Å². The van der Waals surface area contributed by atoms with E-state index in [0.717, 1.165) is 0 Å². The van der Waals surface area contributed by atoms with Gasteiger partial charge in [-0.15, -0.1) is 0 Å². The molecule has 80 valence electrons. The first-order chi connectivity index (χ1) is 7.67. The Balaban J connectivity index is 2.66. The Morgan fingerprint density at radius 2 is 1.81 bits per heavy atom. The minimum Gasteiger partial charge on any atom is -0.487 e. The van der Waals surface area contributed by atoms with Gasteiger partial charge in [0.2, 0.25) is 0 Å². The maximum Gasteiger partial charge on any atom is 0.151 e. The molecule has 0 aliphatic carbocycles. The fourth-order valence-corrected chi connectivity index (χ4v) is 0.933. The summed E-state index contributed by atoms with van der Waals surface area (Å²) in [5.74, 6) is 0.0465. The van der Waals surface area contributed by atoms with Gasteiger partial charge in [-0.3, -0.25) is 0 Å². The largest absolute Gasteiger partial charge is 0.487 e. The third-order valence-corrected chi connectivity index (χ3v) is 1.75. The van der Waals surface area contributed by atoms with Crippen molar-refractivity contribution in [2.24, 2.45) is 5.73 Å². The lowest BCUT2D eigenvalue weighted by Crippen LogP contribution is -2.11. The Labute approximate surface area is 92.0 Å². The molecule has 0 heterocycles. The highest BCUT2D eigenvalue weighted by atomic mass is 19.1. The SMILES string of the molecule is N#CC(C#N)=C(N)COc1ccc(F)cc1. The number of ether oxygens (including phenoxy) is 1. The average Bonchev–Trinajstić information content (AvgIpc) is 2.30. The summed E-state index contributed by atoms with van der Waals surface area (Å²) in [6.07, 6.45) is 0. The molecule has 0 saturated carbocycles. The van der Waals surface area contributed by atoms with E-state index in [1.165, 1.54) is 24.3 Å². The zero-order valence-corrected chi connectivity index (χ0v) is 8.27. The molecule has 1 rings (SSSR count). The van der Waals surface area contributed by atoms with Crippen molar-refractivity contribution in [3.63, 3.8) is 0 Å². The smallest absolute Gasteiger partial charge is 0.151 e. The molecule has 16 heavy (non-hydrogen) atoms. The monoisotopic (exact) mass is 217 g/mol. The molecule has 4 nitrogen and oxygen atoms in total. The lowest BCUT2D eigenvalue weighted by Gasteiger charge is -2.05. The van der Waals surface area contributed by atoms with Crippen LogP contribution >= 0.6 is 0 Å². The summed E-state index contributed by atoms with van der Waals surface area (Å²) in [6.45, 7) is -0.0813. The molecule has 1 aromatic rings. The van der Waals surface area contributed by atoms with Gasteiger partial charge in [0.1, 0.15) is 30.3 Å². The van der Waals surface area contributed by atoms with Crippen molar-refractivity contribution in [1.82, 2.24) is 0 Å². The summed E-state index contributed by atoms with van der Waals surface area (Å²) in [4.78, 5) is 0. The van der Waals surface area contributed by atoms with Crippen LogP contribution in [0.3, 0.4) is 0 Å². The van der Waals surface area contributed by atoms with Crippen molar-refractivity contribution >= 4 is 0 Å². The maximum absolute atomic E-state index is 12.5. The molecule has 0 radical (unpaired) electrons. The molecule has 0 atom stereocenters. The fourth-order valence-electron chi connectivity index (χ4n) is 0.933. The van der Waals surface area contributed by atoms with Crippen LogP contribution in [0.2, 0.25) is 0 Å². The van der Waals surface area contributed by atoms with E-state index < -0.39 is 0 Å². The zero-order valence-electron chi connectivity index (χ0n) is 8.27. The van der Waals surface area contributed by atoms with Gasteiger partial charge in [-0.25, -0.2) is 4.39 Å². The Morgan fingerprint density at radius 3 is 2.31 bits per heavy atom. The molecule has 5 heteroatoms. The third kappa shape index (κ3) is 3.00. The van der Waals surface area contributed by atoms with E-state index >= 15 is 0 Å². The zero-order chi connectivity index (χ0) is 12.0. The average molecular weight is 217 g/mol. The molecule has 1 aromatic carbocycles. The van der Waals surface area contributed by atoms with Crippen LogP contribution in [0, 0.1) is 28.5 Å². The minimum atomic E-state index is -0.370. The van der Waals surface area contributed by atoms with Gasteiger partial charge < -0.3 is 10.5 Å². The predicted octanol–water partition coefficient (Wildman–Crippen LogP) is 1.46. The summed E-state index contributed by atoms with van der Waals surface area (Å²) in [5, 5.41) is 17.0. The number of nitrogens with two attached hydrogens (primary N) is 1. The Kier molecular flexibility index (Phi) is 3.88. The number of benzene rings is 1. The highest BCUT2D eigenvalue weighted by Gasteiger charge is 2.02. The van der Waals surface area contributed by atoms with Gasteiger partial charge in [-0.2, -0.15) is 10.5 Å². The van der Waals surface area contributed by atoms with Gasteiger partial charge in [0, 0.05) is 0 Å². The second-order valence-corrected chi connectivity index (χ2v) is 2.87. The van der Waals surface area contributed by atoms with Crippen LogP contribution in [0.25, 0.3) is 0 Å². The van der Waals surface area contributed by atoms with Crippen LogP contribution in [-0.4, -0.2) is 6.61 Å². The minimum absolute atomic E-state index is 0.0503. The van der Waals surface area contributed by atoms with E-state index in [0.29, 0.717) is 5.75 Å². The molecular weight excluding hydrogens is 209 g/mol. The molecule has 0 bridgehead atoms. The molecule has 0 aliphatic rings. The van der Waals surface area contributed by atoms with Gasteiger partial charge in [-0.1, -0.05) is 0 Å². The molecule has 0 amide bonds. The number of rotatable bonds is 3. The highest BCUT2D eigenvalue weighted by Crippen LogP contribution is 2.11. The molecule has 0 aromatic heterocycles. The summed E-state index contributed by atoms with van der Waals surface area (Å²) < 4.78 is 17.7. The van der Waals surface area contributed by atoms with E-state index in [1.54, 1.807) is 12.1 Å². The van der Waals surface area contributed by atoms with E-state index in [-0.39, 0.29) is 23.7 Å². The molecule has 0 spiro atoms. The van der Waals surface area contributed by atoms with Crippen LogP contribution in [-0.2, 0) is 0 Å². The van der Waals surface area contributed by atoms with Gasteiger partial charge in [0.15, 0.2) is 5.57 Å². The maximum atomic E-state index is 12.5. The first-order valence-electron chi connectivity index (χ1n) is 4.34. The van der Waals surface area contributed by atoms with Crippen molar-refractivity contribution in [3.8, 4) is 17.9 Å². The van der Waals surface area contributed by atoms with Crippen LogP contribution in [0.1, 0.15) is 0 Å². The topological polar surface area (TPSA) is 82.8 Å². The van der Waals surface area contributed by atoms with Crippen LogP contribution in [0.15, 0.2) is 35.5 Å². The van der Waals surface area contributed by atoms with Crippen molar-refractivity contribution in [1.29, 1.82) is 10.5 Å². The van der Waals surface area contributed by atoms with Crippen molar-refractivity contribution in [3.05, 3.63) is 41.4 Å².